The Labute approximate surface area is 65.4 Å². The van der Waals surface area contributed by atoms with Gasteiger partial charge in [0.25, 0.3) is 0 Å². The van der Waals surface area contributed by atoms with Crippen LogP contribution in [-0.4, -0.2) is 19.0 Å². The van der Waals surface area contributed by atoms with Gasteiger partial charge in [0, 0.05) is 24.4 Å². The Morgan fingerprint density at radius 1 is 1.73 bits per heavy atom. The van der Waals surface area contributed by atoms with E-state index in [-0.39, 0.29) is 18.9 Å². The van der Waals surface area contributed by atoms with Crippen LogP contribution in [0.3, 0.4) is 0 Å². The minimum atomic E-state index is -0.0562. The fourth-order valence-corrected chi connectivity index (χ4v) is 0.549. The van der Waals surface area contributed by atoms with E-state index < -0.39 is 0 Å². The molecule has 0 heterocycles. The Balaban J connectivity index is 3.29. The van der Waals surface area contributed by atoms with E-state index >= 15 is 0 Å². The average Bonchev–Trinajstić information content (AvgIpc) is 2.01. The Bertz CT molecular complexity index is 162. The molecule has 0 fully saturated rings. The lowest BCUT2D eigenvalue weighted by Gasteiger charge is -1.99. The van der Waals surface area contributed by atoms with Crippen LogP contribution in [0.5, 0.6) is 0 Å². The molecule has 0 unspecified atom stereocenters. The molecule has 0 aromatic heterocycles. The first kappa shape index (κ1) is 9.78. The number of nitrogens with one attached hydrogen (secondary N) is 1. The summed E-state index contributed by atoms with van der Waals surface area (Å²) in [4.78, 5) is 13.3. The van der Waals surface area contributed by atoms with Crippen LogP contribution in [0.15, 0.2) is 5.11 Å². The first-order chi connectivity index (χ1) is 5.31. The molecule has 0 aliphatic heterocycles. The molecule has 0 saturated heterocycles. The average molecular weight is 156 g/mol. The fourth-order valence-electron chi connectivity index (χ4n) is 0.549. The maximum absolute atomic E-state index is 10.8. The van der Waals surface area contributed by atoms with Crippen LogP contribution >= 0.6 is 0 Å². The van der Waals surface area contributed by atoms with Gasteiger partial charge in [-0.25, -0.2) is 0 Å². The van der Waals surface area contributed by atoms with Crippen molar-refractivity contribution in [3.05, 3.63) is 10.4 Å². The second-order valence-electron chi connectivity index (χ2n) is 2.05. The lowest BCUT2D eigenvalue weighted by molar-refractivity contribution is -0.120. The van der Waals surface area contributed by atoms with Gasteiger partial charge in [-0.2, -0.15) is 0 Å². The van der Waals surface area contributed by atoms with Crippen molar-refractivity contribution >= 4 is 5.91 Å². The zero-order valence-corrected chi connectivity index (χ0v) is 6.58. The first-order valence-electron chi connectivity index (χ1n) is 3.58. The third kappa shape index (κ3) is 6.67. The quantitative estimate of drug-likeness (QED) is 0.362. The largest absolute Gasteiger partial charge is 0.356 e. The molecule has 0 rings (SSSR count). The highest BCUT2D eigenvalue weighted by Gasteiger charge is 1.96. The Hall–Kier alpha value is -1.22. The molecule has 0 atom stereocenters. The van der Waals surface area contributed by atoms with Crippen LogP contribution in [-0.2, 0) is 4.79 Å². The Kier molecular flexibility index (Phi) is 6.13. The van der Waals surface area contributed by atoms with Crippen molar-refractivity contribution in [2.24, 2.45) is 5.11 Å². The second kappa shape index (κ2) is 6.89. The Morgan fingerprint density at radius 3 is 3.00 bits per heavy atom. The van der Waals surface area contributed by atoms with Gasteiger partial charge in [0.1, 0.15) is 0 Å². The molecule has 62 valence electrons. The van der Waals surface area contributed by atoms with Gasteiger partial charge in [0.05, 0.1) is 0 Å². The molecular weight excluding hydrogens is 144 g/mol. The van der Waals surface area contributed by atoms with Gasteiger partial charge in [-0.1, -0.05) is 12.0 Å². The summed E-state index contributed by atoms with van der Waals surface area (Å²) < 4.78 is 0. The van der Waals surface area contributed by atoms with Crippen LogP contribution in [0.25, 0.3) is 10.4 Å². The van der Waals surface area contributed by atoms with Crippen LogP contribution in [0.2, 0.25) is 0 Å². The summed E-state index contributed by atoms with van der Waals surface area (Å²) in [6.45, 7) is 2.91. The van der Waals surface area contributed by atoms with Gasteiger partial charge < -0.3 is 5.32 Å². The highest BCUT2D eigenvalue weighted by molar-refractivity contribution is 5.75. The molecule has 0 bridgehead atoms. The smallest absolute Gasteiger partial charge is 0.220 e. The maximum Gasteiger partial charge on any atom is 0.220 e. The summed E-state index contributed by atoms with van der Waals surface area (Å²) in [7, 11) is 0. The van der Waals surface area contributed by atoms with Crippen LogP contribution in [0.1, 0.15) is 19.8 Å². The minimum absolute atomic E-state index is 0.0562. The summed E-state index contributed by atoms with van der Waals surface area (Å²) in [5, 5.41) is 5.91. The fraction of sp³-hybridized carbons (Fsp3) is 0.833. The molecule has 0 aromatic carbocycles. The van der Waals surface area contributed by atoms with E-state index in [1.54, 1.807) is 0 Å². The molecular formula is C6H12N4O. The van der Waals surface area contributed by atoms with E-state index in [4.69, 9.17) is 5.53 Å². The molecule has 11 heavy (non-hydrogen) atoms. The maximum atomic E-state index is 10.8. The van der Waals surface area contributed by atoms with Crippen LogP contribution in [0.4, 0.5) is 0 Å². The van der Waals surface area contributed by atoms with Crippen molar-refractivity contribution in [2.75, 3.05) is 13.1 Å². The van der Waals surface area contributed by atoms with Crippen molar-refractivity contribution in [3.63, 3.8) is 0 Å². The number of carbonyl (C=O) groups excluding carboxylic acids is 1. The van der Waals surface area contributed by atoms with E-state index in [1.165, 1.54) is 0 Å². The third-order valence-corrected chi connectivity index (χ3v) is 1.07. The molecule has 0 aliphatic carbocycles. The normalized spacial score (nSPS) is 8.45. The van der Waals surface area contributed by atoms with Gasteiger partial charge in [0.15, 0.2) is 0 Å². The summed E-state index contributed by atoms with van der Waals surface area (Å²) in [5.74, 6) is -0.0562. The van der Waals surface area contributed by atoms with E-state index in [0.717, 1.165) is 6.42 Å². The van der Waals surface area contributed by atoms with E-state index in [9.17, 15) is 4.79 Å². The number of hydrogen-bond donors (Lipinski definition) is 1. The number of rotatable bonds is 5. The first-order valence-corrected chi connectivity index (χ1v) is 3.58. The number of hydrogen-bond acceptors (Lipinski definition) is 2. The lowest BCUT2D eigenvalue weighted by atomic mass is 10.4. The van der Waals surface area contributed by atoms with Gasteiger partial charge >= 0.3 is 0 Å². The third-order valence-electron chi connectivity index (χ3n) is 1.07. The zero-order valence-electron chi connectivity index (χ0n) is 6.58. The van der Waals surface area contributed by atoms with Crippen molar-refractivity contribution in [1.82, 2.24) is 5.32 Å². The molecule has 5 nitrogen and oxygen atoms in total. The molecule has 1 N–H and O–H groups in total. The van der Waals surface area contributed by atoms with Gasteiger partial charge in [-0.3, -0.25) is 4.79 Å². The number of amides is 1. The van der Waals surface area contributed by atoms with Crippen molar-refractivity contribution in [3.8, 4) is 0 Å². The summed E-state index contributed by atoms with van der Waals surface area (Å²) in [6, 6.07) is 0. The number of azide groups is 1. The number of carbonyl (C=O) groups is 1. The van der Waals surface area contributed by atoms with Crippen molar-refractivity contribution in [2.45, 2.75) is 19.8 Å². The summed E-state index contributed by atoms with van der Waals surface area (Å²) in [6.07, 6.45) is 1.21. The SMILES string of the molecule is CCCNC(=O)CCN=[N+]=[N-]. The second-order valence-corrected chi connectivity index (χ2v) is 2.05. The van der Waals surface area contributed by atoms with E-state index in [0.29, 0.717) is 6.54 Å². The van der Waals surface area contributed by atoms with Gasteiger partial charge in [-0.05, 0) is 12.0 Å². The van der Waals surface area contributed by atoms with Gasteiger partial charge in [0.2, 0.25) is 5.91 Å². The molecule has 0 saturated carbocycles. The highest BCUT2D eigenvalue weighted by atomic mass is 16.1. The molecule has 0 spiro atoms. The van der Waals surface area contributed by atoms with Crippen LogP contribution in [0, 0.1) is 0 Å². The van der Waals surface area contributed by atoms with Crippen LogP contribution < -0.4 is 5.32 Å². The topological polar surface area (TPSA) is 77.9 Å². The van der Waals surface area contributed by atoms with Gasteiger partial charge in [-0.15, -0.1) is 0 Å². The highest BCUT2D eigenvalue weighted by Crippen LogP contribution is 1.82. The molecule has 0 aliphatic rings. The van der Waals surface area contributed by atoms with E-state index in [1.807, 2.05) is 6.92 Å². The lowest BCUT2D eigenvalue weighted by Crippen LogP contribution is -2.24. The molecule has 5 heteroatoms. The predicted octanol–water partition coefficient (Wildman–Crippen LogP) is 1.21. The minimum Gasteiger partial charge on any atom is -0.356 e. The monoisotopic (exact) mass is 156 g/mol. The predicted molar refractivity (Wildman–Crippen MR) is 41.9 cm³/mol. The summed E-state index contributed by atoms with van der Waals surface area (Å²) >= 11 is 0. The standard InChI is InChI=1S/C6H12N4O/c1-2-4-8-6(11)3-5-9-10-7/h2-5H2,1H3,(H,8,11). The van der Waals surface area contributed by atoms with Crippen molar-refractivity contribution < 1.29 is 4.79 Å². The molecule has 0 radical (unpaired) electrons. The zero-order chi connectivity index (χ0) is 8.53. The molecule has 0 aromatic rings. The Morgan fingerprint density at radius 2 is 2.45 bits per heavy atom. The van der Waals surface area contributed by atoms with E-state index in [2.05, 4.69) is 15.3 Å². The molecule has 1 amide bonds. The number of nitrogens with zero attached hydrogens (tertiary/aromatic N) is 3. The van der Waals surface area contributed by atoms with Crippen molar-refractivity contribution in [1.29, 1.82) is 0 Å². The summed E-state index contributed by atoms with van der Waals surface area (Å²) in [5.41, 5.74) is 7.88.